The Balaban J connectivity index is 1.54. The number of carbonyl (C=O) groups is 1. The number of amides is 1. The van der Waals surface area contributed by atoms with E-state index in [0.29, 0.717) is 6.54 Å². The van der Waals surface area contributed by atoms with Crippen LogP contribution in [0.15, 0.2) is 48.5 Å². The summed E-state index contributed by atoms with van der Waals surface area (Å²) < 4.78 is 5.18. The summed E-state index contributed by atoms with van der Waals surface area (Å²) in [6.45, 7) is 2.92. The van der Waals surface area contributed by atoms with Crippen molar-refractivity contribution >= 4 is 5.91 Å². The summed E-state index contributed by atoms with van der Waals surface area (Å²) in [5.74, 6) is 1.09. The molecule has 0 bridgehead atoms. The fraction of sp³-hybridized carbons (Fsp3) is 0.350. The zero-order valence-electron chi connectivity index (χ0n) is 14.4. The van der Waals surface area contributed by atoms with Gasteiger partial charge in [-0.15, -0.1) is 0 Å². The summed E-state index contributed by atoms with van der Waals surface area (Å²) in [7, 11) is 3.74. The number of rotatable bonds is 5. The fourth-order valence-electron chi connectivity index (χ4n) is 3.23. The van der Waals surface area contributed by atoms with Crippen LogP contribution in [0.4, 0.5) is 0 Å². The Morgan fingerprint density at radius 2 is 1.83 bits per heavy atom. The van der Waals surface area contributed by atoms with Crippen LogP contribution in [0, 0.1) is 0 Å². The standard InChI is InChI=1S/C20H24N2O2/c1-21(13-16-7-9-19(24-2)10-8-16)15-20(23)22-12-11-17-5-3-4-6-18(17)14-22/h3-10H,11-15H2,1-2H3/p+1. The van der Waals surface area contributed by atoms with E-state index in [1.54, 1.807) is 7.11 Å². The normalized spacial score (nSPS) is 14.8. The van der Waals surface area contributed by atoms with Crippen LogP contribution in [-0.4, -0.2) is 38.1 Å². The smallest absolute Gasteiger partial charge is 0.278 e. The van der Waals surface area contributed by atoms with Gasteiger partial charge in [-0.3, -0.25) is 4.79 Å². The number of carbonyl (C=O) groups excluding carboxylic acids is 1. The average molecular weight is 325 g/mol. The molecule has 1 amide bonds. The van der Waals surface area contributed by atoms with E-state index in [4.69, 9.17) is 4.74 Å². The van der Waals surface area contributed by atoms with E-state index in [1.807, 2.05) is 23.1 Å². The van der Waals surface area contributed by atoms with Gasteiger partial charge in [0.15, 0.2) is 6.54 Å². The molecule has 24 heavy (non-hydrogen) atoms. The lowest BCUT2D eigenvalue weighted by atomic mass is 10.00. The van der Waals surface area contributed by atoms with E-state index in [0.717, 1.165) is 31.8 Å². The first-order valence-corrected chi connectivity index (χ1v) is 8.44. The van der Waals surface area contributed by atoms with Gasteiger partial charge in [0.1, 0.15) is 12.3 Å². The lowest BCUT2D eigenvalue weighted by molar-refractivity contribution is -0.885. The molecule has 0 fully saturated rings. The number of quaternary nitrogens is 1. The van der Waals surface area contributed by atoms with Crippen molar-refractivity contribution in [3.63, 3.8) is 0 Å². The molecule has 2 aromatic carbocycles. The van der Waals surface area contributed by atoms with Crippen LogP contribution >= 0.6 is 0 Å². The zero-order valence-corrected chi connectivity index (χ0v) is 14.4. The number of likely N-dealkylation sites (N-methyl/N-ethyl adjacent to an activating group) is 1. The number of methoxy groups -OCH3 is 1. The number of hydrogen-bond acceptors (Lipinski definition) is 2. The maximum atomic E-state index is 12.6. The number of nitrogens with zero attached hydrogens (tertiary/aromatic N) is 1. The third-order valence-corrected chi connectivity index (χ3v) is 4.60. The Labute approximate surface area is 143 Å². The van der Waals surface area contributed by atoms with Crippen molar-refractivity contribution in [2.75, 3.05) is 27.2 Å². The molecule has 0 radical (unpaired) electrons. The van der Waals surface area contributed by atoms with E-state index in [1.165, 1.54) is 21.6 Å². The monoisotopic (exact) mass is 325 g/mol. The van der Waals surface area contributed by atoms with Crippen LogP contribution in [0.1, 0.15) is 16.7 Å². The zero-order chi connectivity index (χ0) is 16.9. The molecule has 1 aliphatic rings. The summed E-state index contributed by atoms with van der Waals surface area (Å²) in [5.41, 5.74) is 3.87. The topological polar surface area (TPSA) is 34.0 Å². The molecular formula is C20H25N2O2+. The third-order valence-electron chi connectivity index (χ3n) is 4.60. The molecule has 4 nitrogen and oxygen atoms in total. The molecule has 2 aromatic rings. The summed E-state index contributed by atoms with van der Waals surface area (Å²) in [4.78, 5) is 15.8. The molecule has 1 atom stereocenters. The molecule has 3 rings (SSSR count). The van der Waals surface area contributed by atoms with E-state index < -0.39 is 0 Å². The van der Waals surface area contributed by atoms with Gasteiger partial charge in [0, 0.05) is 18.7 Å². The van der Waals surface area contributed by atoms with Crippen molar-refractivity contribution < 1.29 is 14.4 Å². The molecule has 4 heteroatoms. The number of benzene rings is 2. The van der Waals surface area contributed by atoms with Crippen LogP contribution in [0.2, 0.25) is 0 Å². The van der Waals surface area contributed by atoms with E-state index in [9.17, 15) is 4.79 Å². The van der Waals surface area contributed by atoms with Gasteiger partial charge in [0.2, 0.25) is 0 Å². The second kappa shape index (κ2) is 7.49. The van der Waals surface area contributed by atoms with Gasteiger partial charge in [-0.25, -0.2) is 0 Å². The predicted molar refractivity (Wildman–Crippen MR) is 94.0 cm³/mol. The molecule has 0 aromatic heterocycles. The first-order chi connectivity index (χ1) is 11.7. The molecule has 0 spiro atoms. The van der Waals surface area contributed by atoms with Gasteiger partial charge in [0.05, 0.1) is 14.2 Å². The molecule has 0 aliphatic carbocycles. The highest BCUT2D eigenvalue weighted by Gasteiger charge is 2.22. The molecule has 0 saturated heterocycles. The molecule has 1 N–H and O–H groups in total. The van der Waals surface area contributed by atoms with Crippen molar-refractivity contribution in [3.05, 3.63) is 65.2 Å². The molecule has 1 unspecified atom stereocenters. The minimum absolute atomic E-state index is 0.232. The summed E-state index contributed by atoms with van der Waals surface area (Å²) in [6.07, 6.45) is 0.958. The van der Waals surface area contributed by atoms with Crippen LogP contribution in [0.5, 0.6) is 5.75 Å². The minimum Gasteiger partial charge on any atom is -0.497 e. The SMILES string of the molecule is COc1ccc(C[NH+](C)CC(=O)N2CCc3ccccc3C2)cc1. The van der Waals surface area contributed by atoms with Gasteiger partial charge >= 0.3 is 0 Å². The first-order valence-electron chi connectivity index (χ1n) is 8.44. The quantitative estimate of drug-likeness (QED) is 0.899. The van der Waals surface area contributed by atoms with E-state index in [-0.39, 0.29) is 5.91 Å². The van der Waals surface area contributed by atoms with Gasteiger partial charge < -0.3 is 14.5 Å². The lowest BCUT2D eigenvalue weighted by Gasteiger charge is -2.29. The Bertz CT molecular complexity index is 697. The summed E-state index contributed by atoms with van der Waals surface area (Å²) >= 11 is 0. The Kier molecular flexibility index (Phi) is 5.16. The largest absolute Gasteiger partial charge is 0.497 e. The van der Waals surface area contributed by atoms with Crippen molar-refractivity contribution in [1.82, 2.24) is 4.90 Å². The second-order valence-electron chi connectivity index (χ2n) is 6.49. The molecule has 1 aliphatic heterocycles. The average Bonchev–Trinajstić information content (AvgIpc) is 2.61. The Morgan fingerprint density at radius 1 is 1.12 bits per heavy atom. The number of ether oxygens (including phenoxy) is 1. The lowest BCUT2D eigenvalue weighted by Crippen LogP contribution is -3.08. The van der Waals surface area contributed by atoms with Crippen LogP contribution in [0.25, 0.3) is 0 Å². The third kappa shape index (κ3) is 3.95. The summed E-state index contributed by atoms with van der Waals surface area (Å²) in [6, 6.07) is 16.5. The Morgan fingerprint density at radius 3 is 2.54 bits per heavy atom. The molecular weight excluding hydrogens is 300 g/mol. The van der Waals surface area contributed by atoms with E-state index >= 15 is 0 Å². The fourth-order valence-corrected chi connectivity index (χ4v) is 3.23. The van der Waals surface area contributed by atoms with Gasteiger partial charge in [-0.1, -0.05) is 24.3 Å². The van der Waals surface area contributed by atoms with Crippen molar-refractivity contribution in [2.45, 2.75) is 19.5 Å². The minimum atomic E-state index is 0.232. The van der Waals surface area contributed by atoms with Gasteiger partial charge in [-0.05, 0) is 41.8 Å². The van der Waals surface area contributed by atoms with Crippen molar-refractivity contribution in [1.29, 1.82) is 0 Å². The highest BCUT2D eigenvalue weighted by Crippen LogP contribution is 2.18. The number of fused-ring (bicyclic) bond motifs is 1. The highest BCUT2D eigenvalue weighted by atomic mass is 16.5. The van der Waals surface area contributed by atoms with Crippen LogP contribution in [0.3, 0.4) is 0 Å². The van der Waals surface area contributed by atoms with Crippen LogP contribution < -0.4 is 9.64 Å². The van der Waals surface area contributed by atoms with Crippen LogP contribution in [-0.2, 0) is 24.3 Å². The number of hydrogen-bond donors (Lipinski definition) is 1. The summed E-state index contributed by atoms with van der Waals surface area (Å²) in [5, 5.41) is 0. The van der Waals surface area contributed by atoms with Crippen molar-refractivity contribution in [3.8, 4) is 5.75 Å². The number of nitrogens with one attached hydrogen (secondary N) is 1. The maximum Gasteiger partial charge on any atom is 0.278 e. The molecule has 126 valence electrons. The van der Waals surface area contributed by atoms with Crippen molar-refractivity contribution in [2.24, 2.45) is 0 Å². The predicted octanol–water partition coefficient (Wildman–Crippen LogP) is 1.29. The van der Waals surface area contributed by atoms with E-state index in [2.05, 4.69) is 37.4 Å². The highest BCUT2D eigenvalue weighted by molar-refractivity contribution is 5.77. The molecule has 0 saturated carbocycles. The maximum absolute atomic E-state index is 12.6. The molecule has 1 heterocycles. The van der Waals surface area contributed by atoms with Gasteiger partial charge in [0.25, 0.3) is 5.91 Å². The first kappa shape index (κ1) is 16.5. The Hall–Kier alpha value is -2.33. The van der Waals surface area contributed by atoms with Gasteiger partial charge in [-0.2, -0.15) is 0 Å². The second-order valence-corrected chi connectivity index (χ2v) is 6.49.